The van der Waals surface area contributed by atoms with Crippen LogP contribution in [-0.2, 0) is 0 Å². The third-order valence-electron chi connectivity index (χ3n) is 3.80. The highest BCUT2D eigenvalue weighted by Crippen LogP contribution is 2.29. The fraction of sp³-hybridized carbons (Fsp3) is 1.00. The standard InChI is InChI=1S/C13H27NS/c1-11-5-7-14(8-6-11)9-12(10-15)13(2,3)4/h11-12,15H,5-10H2,1-4H3. The maximum Gasteiger partial charge on any atom is 0.00225 e. The molecule has 0 bridgehead atoms. The van der Waals surface area contributed by atoms with E-state index >= 15 is 0 Å². The van der Waals surface area contributed by atoms with E-state index in [1.165, 1.54) is 32.5 Å². The van der Waals surface area contributed by atoms with Crippen LogP contribution in [0.15, 0.2) is 0 Å². The number of nitrogens with zero attached hydrogens (tertiary/aromatic N) is 1. The van der Waals surface area contributed by atoms with Crippen LogP contribution in [-0.4, -0.2) is 30.3 Å². The fourth-order valence-electron chi connectivity index (χ4n) is 2.16. The Morgan fingerprint density at radius 3 is 2.20 bits per heavy atom. The number of hydrogen-bond acceptors (Lipinski definition) is 2. The van der Waals surface area contributed by atoms with Gasteiger partial charge in [-0.3, -0.25) is 0 Å². The smallest absolute Gasteiger partial charge is 0.00225 e. The summed E-state index contributed by atoms with van der Waals surface area (Å²) >= 11 is 4.50. The molecule has 1 unspecified atom stereocenters. The number of thiol groups is 1. The monoisotopic (exact) mass is 229 g/mol. The number of likely N-dealkylation sites (tertiary alicyclic amines) is 1. The van der Waals surface area contributed by atoms with Crippen molar-refractivity contribution in [2.75, 3.05) is 25.4 Å². The predicted molar refractivity (Wildman–Crippen MR) is 71.6 cm³/mol. The molecule has 1 aliphatic heterocycles. The molecule has 0 radical (unpaired) electrons. The first-order chi connectivity index (χ1) is 6.93. The lowest BCUT2D eigenvalue weighted by atomic mass is 9.81. The van der Waals surface area contributed by atoms with E-state index in [0.717, 1.165) is 11.7 Å². The van der Waals surface area contributed by atoms with E-state index in [2.05, 4.69) is 45.2 Å². The van der Waals surface area contributed by atoms with Crippen molar-refractivity contribution in [3.8, 4) is 0 Å². The van der Waals surface area contributed by atoms with Crippen molar-refractivity contribution in [2.24, 2.45) is 17.3 Å². The molecule has 90 valence electrons. The maximum atomic E-state index is 4.50. The van der Waals surface area contributed by atoms with Crippen molar-refractivity contribution in [1.29, 1.82) is 0 Å². The lowest BCUT2D eigenvalue weighted by Crippen LogP contribution is -2.40. The fourth-order valence-corrected chi connectivity index (χ4v) is 2.82. The second-order valence-corrected chi connectivity index (χ2v) is 6.59. The third kappa shape index (κ3) is 4.36. The summed E-state index contributed by atoms with van der Waals surface area (Å²) in [5.41, 5.74) is 0.394. The van der Waals surface area contributed by atoms with Gasteiger partial charge in [0.25, 0.3) is 0 Å². The minimum atomic E-state index is 0.394. The average Bonchev–Trinajstić information content (AvgIpc) is 2.15. The molecule has 15 heavy (non-hydrogen) atoms. The predicted octanol–water partition coefficient (Wildman–Crippen LogP) is 3.31. The Hall–Kier alpha value is 0.310. The van der Waals surface area contributed by atoms with Gasteiger partial charge in [-0.05, 0) is 48.9 Å². The summed E-state index contributed by atoms with van der Waals surface area (Å²) in [6, 6.07) is 0. The van der Waals surface area contributed by atoms with Gasteiger partial charge in [-0.1, -0.05) is 27.7 Å². The molecule has 0 aromatic rings. The van der Waals surface area contributed by atoms with E-state index < -0.39 is 0 Å². The van der Waals surface area contributed by atoms with Crippen LogP contribution in [0.4, 0.5) is 0 Å². The molecule has 0 aliphatic carbocycles. The molecule has 1 nitrogen and oxygen atoms in total. The summed E-state index contributed by atoms with van der Waals surface area (Å²) in [7, 11) is 0. The molecule has 1 saturated heterocycles. The Labute approximate surface area is 101 Å². The molecule has 2 heteroatoms. The molecular weight excluding hydrogens is 202 g/mol. The van der Waals surface area contributed by atoms with Crippen molar-refractivity contribution in [3.63, 3.8) is 0 Å². The van der Waals surface area contributed by atoms with Gasteiger partial charge in [-0.15, -0.1) is 0 Å². The van der Waals surface area contributed by atoms with Crippen LogP contribution in [0.3, 0.4) is 0 Å². The lowest BCUT2D eigenvalue weighted by Gasteiger charge is -2.37. The van der Waals surface area contributed by atoms with Crippen LogP contribution in [0.5, 0.6) is 0 Å². The third-order valence-corrected chi connectivity index (χ3v) is 4.24. The maximum absolute atomic E-state index is 4.50. The minimum Gasteiger partial charge on any atom is -0.303 e. The molecule has 1 atom stereocenters. The van der Waals surface area contributed by atoms with Gasteiger partial charge in [0.1, 0.15) is 0 Å². The second kappa shape index (κ2) is 5.58. The van der Waals surface area contributed by atoms with Crippen LogP contribution >= 0.6 is 12.6 Å². The van der Waals surface area contributed by atoms with E-state index in [4.69, 9.17) is 0 Å². The summed E-state index contributed by atoms with van der Waals surface area (Å²) in [5, 5.41) is 0. The molecule has 1 heterocycles. The molecule has 1 aliphatic rings. The van der Waals surface area contributed by atoms with Crippen LogP contribution in [0.1, 0.15) is 40.5 Å². The van der Waals surface area contributed by atoms with E-state index in [9.17, 15) is 0 Å². The number of rotatable bonds is 3. The van der Waals surface area contributed by atoms with Crippen molar-refractivity contribution < 1.29 is 0 Å². The highest BCUT2D eigenvalue weighted by Gasteiger charge is 2.26. The Morgan fingerprint density at radius 2 is 1.80 bits per heavy atom. The zero-order valence-corrected chi connectivity index (χ0v) is 11.7. The summed E-state index contributed by atoms with van der Waals surface area (Å²) in [5.74, 6) is 2.66. The van der Waals surface area contributed by atoms with Crippen molar-refractivity contribution >= 4 is 12.6 Å². The van der Waals surface area contributed by atoms with E-state index in [0.29, 0.717) is 11.3 Å². The normalized spacial score (nSPS) is 23.0. The van der Waals surface area contributed by atoms with E-state index in [1.54, 1.807) is 0 Å². The lowest BCUT2D eigenvalue weighted by molar-refractivity contribution is 0.129. The highest BCUT2D eigenvalue weighted by molar-refractivity contribution is 7.80. The minimum absolute atomic E-state index is 0.394. The molecule has 0 aromatic heterocycles. The van der Waals surface area contributed by atoms with Gasteiger partial charge < -0.3 is 4.90 Å². The van der Waals surface area contributed by atoms with Crippen LogP contribution in [0.25, 0.3) is 0 Å². The molecule has 0 N–H and O–H groups in total. The molecule has 1 fully saturated rings. The Balaban J connectivity index is 2.39. The van der Waals surface area contributed by atoms with Gasteiger partial charge in [-0.2, -0.15) is 12.6 Å². The van der Waals surface area contributed by atoms with Crippen molar-refractivity contribution in [3.05, 3.63) is 0 Å². The van der Waals surface area contributed by atoms with Crippen molar-refractivity contribution in [1.82, 2.24) is 4.90 Å². The SMILES string of the molecule is CC1CCN(CC(CS)C(C)(C)C)CC1. The van der Waals surface area contributed by atoms with Crippen LogP contribution in [0.2, 0.25) is 0 Å². The van der Waals surface area contributed by atoms with Gasteiger partial charge in [0.2, 0.25) is 0 Å². The Morgan fingerprint density at radius 1 is 1.27 bits per heavy atom. The van der Waals surface area contributed by atoms with Crippen molar-refractivity contribution in [2.45, 2.75) is 40.5 Å². The Bertz CT molecular complexity index is 177. The first-order valence-electron chi connectivity index (χ1n) is 6.26. The van der Waals surface area contributed by atoms with Gasteiger partial charge in [0.05, 0.1) is 0 Å². The summed E-state index contributed by atoms with van der Waals surface area (Å²) in [4.78, 5) is 2.63. The molecule has 0 spiro atoms. The highest BCUT2D eigenvalue weighted by atomic mass is 32.1. The van der Waals surface area contributed by atoms with Gasteiger partial charge in [0, 0.05) is 6.54 Å². The van der Waals surface area contributed by atoms with Crippen LogP contribution in [0, 0.1) is 17.3 Å². The number of hydrogen-bond donors (Lipinski definition) is 1. The topological polar surface area (TPSA) is 3.24 Å². The molecule has 0 aromatic carbocycles. The quantitative estimate of drug-likeness (QED) is 0.727. The largest absolute Gasteiger partial charge is 0.303 e. The molecular formula is C13H27NS. The summed E-state index contributed by atoms with van der Waals surface area (Å²) < 4.78 is 0. The average molecular weight is 229 g/mol. The molecule has 0 saturated carbocycles. The Kier molecular flexibility index (Phi) is 4.98. The summed E-state index contributed by atoms with van der Waals surface area (Å²) in [6.07, 6.45) is 2.76. The van der Waals surface area contributed by atoms with E-state index in [1.807, 2.05) is 0 Å². The first-order valence-corrected chi connectivity index (χ1v) is 6.90. The molecule has 0 amide bonds. The van der Waals surface area contributed by atoms with Crippen LogP contribution < -0.4 is 0 Å². The molecule has 1 rings (SSSR count). The first kappa shape index (κ1) is 13.4. The second-order valence-electron chi connectivity index (χ2n) is 6.23. The zero-order chi connectivity index (χ0) is 11.5. The zero-order valence-electron chi connectivity index (χ0n) is 10.8. The van der Waals surface area contributed by atoms with Gasteiger partial charge in [0.15, 0.2) is 0 Å². The van der Waals surface area contributed by atoms with Gasteiger partial charge in [-0.25, -0.2) is 0 Å². The summed E-state index contributed by atoms with van der Waals surface area (Å²) in [6.45, 7) is 13.2. The number of piperidine rings is 1. The van der Waals surface area contributed by atoms with Gasteiger partial charge >= 0.3 is 0 Å². The van der Waals surface area contributed by atoms with E-state index in [-0.39, 0.29) is 0 Å².